The number of hydrogen-bond acceptors (Lipinski definition) is 9. The van der Waals surface area contributed by atoms with Crippen LogP contribution >= 0.6 is 0 Å². The average molecular weight is 423 g/mol. The Bertz CT molecular complexity index is 554. The van der Waals surface area contributed by atoms with Crippen LogP contribution in [0.2, 0.25) is 0 Å². The van der Waals surface area contributed by atoms with E-state index >= 15 is 0 Å². The van der Waals surface area contributed by atoms with Crippen LogP contribution in [0.5, 0.6) is 0 Å². The quantitative estimate of drug-likeness (QED) is 0.229. The summed E-state index contributed by atoms with van der Waals surface area (Å²) in [5, 5.41) is 24.2. The minimum absolute atomic E-state index is 0. The Morgan fingerprint density at radius 3 is 1.92 bits per heavy atom. The number of piperidine rings is 2. The largest absolute Gasteiger partial charge is 1.00 e. The third-order valence-corrected chi connectivity index (χ3v) is 3.31. The van der Waals surface area contributed by atoms with Gasteiger partial charge in [-0.3, -0.25) is 9.69 Å². The van der Waals surface area contributed by atoms with Crippen LogP contribution in [0.15, 0.2) is 0 Å². The molecule has 0 saturated carbocycles. The third-order valence-electron chi connectivity index (χ3n) is 3.31. The van der Waals surface area contributed by atoms with Gasteiger partial charge in [0.25, 0.3) is 0 Å². The van der Waals surface area contributed by atoms with Crippen LogP contribution in [0.4, 0.5) is 0 Å². The maximum atomic E-state index is 10.6. The Kier molecular flexibility index (Phi) is 27.1. The predicted octanol–water partition coefficient (Wildman–Crippen LogP) is -6.54. The summed E-state index contributed by atoms with van der Waals surface area (Å²) in [6.45, 7) is 7.99. The normalized spacial score (nSPS) is 21.9. The summed E-state index contributed by atoms with van der Waals surface area (Å²) in [7, 11) is 0.790. The van der Waals surface area contributed by atoms with Gasteiger partial charge in [0.05, 0.1) is 12.6 Å². The molecule has 0 aromatic heterocycles. The van der Waals surface area contributed by atoms with Crippen molar-refractivity contribution in [3.63, 3.8) is 0 Å². The van der Waals surface area contributed by atoms with Crippen LogP contribution in [0.3, 0.4) is 0 Å². The maximum absolute atomic E-state index is 10.6. The van der Waals surface area contributed by atoms with E-state index in [1.807, 2.05) is 25.1 Å². The number of β-amino-alcohol motifs (C(OH)–C–C–N with tert-alkyl or cyclic N) is 1. The van der Waals surface area contributed by atoms with E-state index in [2.05, 4.69) is 4.90 Å². The van der Waals surface area contributed by atoms with E-state index in [0.717, 1.165) is 32.4 Å². The van der Waals surface area contributed by atoms with E-state index in [1.54, 1.807) is 0 Å². The van der Waals surface area contributed by atoms with Crippen molar-refractivity contribution < 1.29 is 105 Å². The number of aliphatic hydroxyl groups is 1. The average Bonchev–Trinajstić information content (AvgIpc) is 2.49. The van der Waals surface area contributed by atoms with Gasteiger partial charge in [0.2, 0.25) is 0 Å². The van der Waals surface area contributed by atoms with E-state index in [9.17, 15) is 9.90 Å². The van der Waals surface area contributed by atoms with Gasteiger partial charge in [-0.1, -0.05) is 0 Å². The van der Waals surface area contributed by atoms with Crippen molar-refractivity contribution in [2.24, 2.45) is 0 Å². The molecule has 138 valence electrons. The Balaban J connectivity index is -0.0000000865. The number of ketones is 1. The van der Waals surface area contributed by atoms with Crippen LogP contribution in [0, 0.1) is 23.2 Å². The first-order chi connectivity index (χ1) is 11.2. The molecule has 2 fully saturated rings. The molecule has 2 aliphatic rings. The van der Waals surface area contributed by atoms with Gasteiger partial charge in [0, 0.05) is 13.0 Å². The van der Waals surface area contributed by atoms with Gasteiger partial charge in [-0.05, 0) is 46.4 Å². The SMILES string of the molecule is CN1CCCC(=O)C1.CN1CCCC(O)(C#N)C1.O=S(=O)=O.[C-]#N.[H-].[K+].[Na+]. The Labute approximate surface area is 223 Å². The molecule has 0 amide bonds. The van der Waals surface area contributed by atoms with Crippen molar-refractivity contribution >= 4 is 16.4 Å². The standard InChI is InChI=1S/C7H12N2O.C6H11NO.CN.K.Na.O3S.H/c1-9-4-2-3-7(10,5-8)6-9;1-7-4-2-3-6(8)5-7;1-2;;;1-4(2)3;/h10H,2-4,6H2,1H3;2-5H2,1H3;;;;;/q;;-1;2*+1;;-1. The second kappa shape index (κ2) is 20.5. The zero-order valence-corrected chi connectivity index (χ0v) is 21.9. The fourth-order valence-corrected chi connectivity index (χ4v) is 2.34. The smallest absolute Gasteiger partial charge is 1.00 e. The van der Waals surface area contributed by atoms with Crippen LogP contribution in [-0.4, -0.2) is 79.2 Å². The molecule has 0 bridgehead atoms. The number of likely N-dealkylation sites (N-methyl/N-ethyl adjacent to an activating group) is 2. The summed E-state index contributed by atoms with van der Waals surface area (Å²) in [5.74, 6) is 0.388. The molecule has 12 heteroatoms. The topological polar surface area (TPSA) is 143 Å². The first kappa shape index (κ1) is 34.3. The number of Topliss-reactive ketones (excluding diaryl/α,β-unsaturated/α-hetero) is 1. The van der Waals surface area contributed by atoms with Gasteiger partial charge < -0.3 is 23.3 Å². The first-order valence-electron chi connectivity index (χ1n) is 7.20. The molecule has 0 aromatic rings. The summed E-state index contributed by atoms with van der Waals surface area (Å²) in [5.41, 5.74) is -1.08. The van der Waals surface area contributed by atoms with Gasteiger partial charge in [-0.2, -0.15) is 5.26 Å². The number of likely N-dealkylation sites (tertiary alicyclic amines) is 2. The van der Waals surface area contributed by atoms with Gasteiger partial charge in [-0.25, -0.2) is 0 Å². The van der Waals surface area contributed by atoms with Crippen molar-refractivity contribution in [2.45, 2.75) is 31.3 Å². The van der Waals surface area contributed by atoms with Crippen LogP contribution < -0.4 is 80.9 Å². The van der Waals surface area contributed by atoms with Crippen molar-refractivity contribution in [3.8, 4) is 6.07 Å². The Hall–Kier alpha value is 0.786. The zero-order valence-electron chi connectivity index (χ0n) is 16.9. The van der Waals surface area contributed by atoms with Gasteiger partial charge in [0.1, 0.15) is 5.78 Å². The van der Waals surface area contributed by atoms with Crippen LogP contribution in [-0.2, 0) is 15.4 Å². The number of nitriles is 1. The Morgan fingerprint density at radius 2 is 1.65 bits per heavy atom. The molecule has 9 nitrogen and oxygen atoms in total. The monoisotopic (exact) mass is 422 g/mol. The van der Waals surface area contributed by atoms with Crippen LogP contribution in [0.1, 0.15) is 27.1 Å². The number of carbonyl (C=O) groups excluding carboxylic acids is 1. The van der Waals surface area contributed by atoms with E-state index in [0.29, 0.717) is 25.3 Å². The molecule has 0 aliphatic carbocycles. The number of nitrogens with zero attached hydrogens (tertiary/aromatic N) is 4. The van der Waals surface area contributed by atoms with E-state index in [1.165, 1.54) is 0 Å². The predicted molar refractivity (Wildman–Crippen MR) is 84.8 cm³/mol. The number of hydrogen-bond donors (Lipinski definition) is 1. The molecule has 2 aliphatic heterocycles. The van der Waals surface area contributed by atoms with Crippen molar-refractivity contribution in [1.29, 1.82) is 10.5 Å². The molecular weight excluding hydrogens is 398 g/mol. The zero-order chi connectivity index (χ0) is 19.2. The van der Waals surface area contributed by atoms with Crippen molar-refractivity contribution in [2.75, 3.05) is 40.3 Å². The fraction of sp³-hybridized carbons (Fsp3) is 0.786. The van der Waals surface area contributed by atoms with Gasteiger partial charge in [-0.15, -0.1) is 12.6 Å². The van der Waals surface area contributed by atoms with Gasteiger partial charge in [0.15, 0.2) is 5.60 Å². The van der Waals surface area contributed by atoms with E-state index < -0.39 is 16.2 Å². The van der Waals surface area contributed by atoms with Crippen molar-refractivity contribution in [3.05, 3.63) is 6.57 Å². The van der Waals surface area contributed by atoms with E-state index in [-0.39, 0.29) is 82.4 Å². The molecule has 1 unspecified atom stereocenters. The molecule has 1 atom stereocenters. The second-order valence-corrected chi connectivity index (χ2v) is 5.98. The third kappa shape index (κ3) is 21.1. The summed E-state index contributed by atoms with van der Waals surface area (Å²) < 4.78 is 25.3. The Morgan fingerprint density at radius 1 is 1.19 bits per heavy atom. The summed E-state index contributed by atoms with van der Waals surface area (Å²) >= 11 is 0. The first-order valence-corrected chi connectivity index (χ1v) is 8.20. The minimum Gasteiger partial charge on any atom is -1.00 e. The molecular formula is C14H24KN4NaO5S. The van der Waals surface area contributed by atoms with Crippen molar-refractivity contribution in [1.82, 2.24) is 9.80 Å². The molecule has 0 spiro atoms. The van der Waals surface area contributed by atoms with Gasteiger partial charge >= 0.3 is 91.6 Å². The molecule has 0 radical (unpaired) electrons. The van der Waals surface area contributed by atoms with E-state index in [4.69, 9.17) is 29.7 Å². The maximum Gasteiger partial charge on any atom is 1.00 e. The molecule has 2 heterocycles. The minimum atomic E-state index is -3.11. The fourth-order valence-electron chi connectivity index (χ4n) is 2.34. The summed E-state index contributed by atoms with van der Waals surface area (Å²) in [6.07, 6.45) is 3.38. The summed E-state index contributed by atoms with van der Waals surface area (Å²) in [6, 6.07) is 1.92. The molecule has 2 rings (SSSR count). The number of carbonyl (C=O) groups is 1. The summed E-state index contributed by atoms with van der Waals surface area (Å²) in [4.78, 5) is 14.7. The molecule has 2 saturated heterocycles. The molecule has 0 aromatic carbocycles. The second-order valence-electron chi connectivity index (χ2n) is 5.57. The van der Waals surface area contributed by atoms with Crippen LogP contribution in [0.25, 0.3) is 0 Å². The molecule has 1 N–H and O–H groups in total. The number of rotatable bonds is 0. The molecule has 26 heavy (non-hydrogen) atoms.